The van der Waals surface area contributed by atoms with Crippen LogP contribution in [0.2, 0.25) is 5.02 Å². The first kappa shape index (κ1) is 20.8. The third-order valence-electron chi connectivity index (χ3n) is 5.78. The average molecular weight is 409 g/mol. The smallest absolute Gasteiger partial charge is 0.254 e. The van der Waals surface area contributed by atoms with Gasteiger partial charge in [0.2, 0.25) is 5.91 Å². The zero-order valence-corrected chi connectivity index (χ0v) is 17.6. The molecule has 2 fully saturated rings. The van der Waals surface area contributed by atoms with Gasteiger partial charge in [0.25, 0.3) is 5.91 Å². The monoisotopic (exact) mass is 408 g/mol. The Labute approximate surface area is 171 Å². The minimum Gasteiger partial charge on any atom is -0.493 e. The SMILES string of the molecule is COc1cc(C(=O)N2CCC(C(=O)N3CCCC(C)C3)CC2)cc(Cl)c1OC. The van der Waals surface area contributed by atoms with Crippen LogP contribution < -0.4 is 9.47 Å². The Morgan fingerprint density at radius 3 is 2.36 bits per heavy atom. The van der Waals surface area contributed by atoms with Gasteiger partial charge in [0.1, 0.15) is 0 Å². The fourth-order valence-electron chi connectivity index (χ4n) is 4.20. The lowest BCUT2D eigenvalue weighted by molar-refractivity contribution is -0.138. The van der Waals surface area contributed by atoms with Crippen LogP contribution in [0.5, 0.6) is 11.5 Å². The summed E-state index contributed by atoms with van der Waals surface area (Å²) >= 11 is 6.23. The molecule has 7 heteroatoms. The van der Waals surface area contributed by atoms with Crippen molar-refractivity contribution in [2.24, 2.45) is 11.8 Å². The number of hydrogen-bond donors (Lipinski definition) is 0. The van der Waals surface area contributed by atoms with E-state index in [9.17, 15) is 9.59 Å². The minimum atomic E-state index is -0.0969. The molecule has 2 aliphatic heterocycles. The normalized spacial score (nSPS) is 20.8. The summed E-state index contributed by atoms with van der Waals surface area (Å²) in [5.74, 6) is 1.61. The predicted octanol–water partition coefficient (Wildman–Crippen LogP) is 3.47. The molecule has 2 saturated heterocycles. The Morgan fingerprint density at radius 2 is 1.75 bits per heavy atom. The van der Waals surface area contributed by atoms with E-state index in [1.54, 1.807) is 17.0 Å². The number of carbonyl (C=O) groups is 2. The standard InChI is InChI=1S/C21H29ClN2O4/c1-14-5-4-8-24(13-14)20(25)15-6-9-23(10-7-15)21(26)16-11-17(22)19(28-3)18(12-16)27-2/h11-12,14-15H,4-10,13H2,1-3H3. The molecule has 1 atom stereocenters. The van der Waals surface area contributed by atoms with E-state index in [0.717, 1.165) is 19.5 Å². The van der Waals surface area contributed by atoms with Gasteiger partial charge < -0.3 is 19.3 Å². The Kier molecular flexibility index (Phi) is 6.70. The highest BCUT2D eigenvalue weighted by atomic mass is 35.5. The Morgan fingerprint density at radius 1 is 1.04 bits per heavy atom. The Bertz CT molecular complexity index is 731. The Hall–Kier alpha value is -1.95. The van der Waals surface area contributed by atoms with Crippen LogP contribution in [0.25, 0.3) is 0 Å². The molecule has 0 aromatic heterocycles. The van der Waals surface area contributed by atoms with Crippen molar-refractivity contribution in [2.75, 3.05) is 40.4 Å². The van der Waals surface area contributed by atoms with Gasteiger partial charge in [0, 0.05) is 37.7 Å². The fraction of sp³-hybridized carbons (Fsp3) is 0.619. The van der Waals surface area contributed by atoms with Crippen LogP contribution in [0.15, 0.2) is 12.1 Å². The van der Waals surface area contributed by atoms with Gasteiger partial charge in [-0.25, -0.2) is 0 Å². The number of halogens is 1. The molecule has 0 aliphatic carbocycles. The second kappa shape index (κ2) is 9.03. The molecule has 2 aliphatic rings. The van der Waals surface area contributed by atoms with Crippen molar-refractivity contribution < 1.29 is 19.1 Å². The molecule has 0 radical (unpaired) electrons. The highest BCUT2D eigenvalue weighted by Crippen LogP contribution is 2.36. The summed E-state index contributed by atoms with van der Waals surface area (Å²) in [6, 6.07) is 3.26. The van der Waals surface area contributed by atoms with Crippen molar-refractivity contribution in [1.29, 1.82) is 0 Å². The summed E-state index contributed by atoms with van der Waals surface area (Å²) in [5, 5.41) is 0.342. The lowest BCUT2D eigenvalue weighted by atomic mass is 9.92. The van der Waals surface area contributed by atoms with E-state index >= 15 is 0 Å². The molecule has 2 amide bonds. The van der Waals surface area contributed by atoms with Crippen LogP contribution in [0.3, 0.4) is 0 Å². The lowest BCUT2D eigenvalue weighted by Gasteiger charge is -2.37. The second-order valence-electron chi connectivity index (χ2n) is 7.79. The summed E-state index contributed by atoms with van der Waals surface area (Å²) in [6.07, 6.45) is 3.70. The van der Waals surface area contributed by atoms with Gasteiger partial charge >= 0.3 is 0 Å². The van der Waals surface area contributed by atoms with E-state index in [2.05, 4.69) is 6.92 Å². The van der Waals surface area contributed by atoms with Crippen molar-refractivity contribution in [2.45, 2.75) is 32.6 Å². The van der Waals surface area contributed by atoms with Gasteiger partial charge in [0.05, 0.1) is 19.2 Å². The van der Waals surface area contributed by atoms with Gasteiger partial charge in [-0.1, -0.05) is 18.5 Å². The van der Waals surface area contributed by atoms with Crippen molar-refractivity contribution in [3.8, 4) is 11.5 Å². The van der Waals surface area contributed by atoms with E-state index in [0.29, 0.717) is 53.9 Å². The van der Waals surface area contributed by atoms with Crippen LogP contribution in [0.4, 0.5) is 0 Å². The zero-order chi connectivity index (χ0) is 20.3. The maximum atomic E-state index is 12.9. The molecule has 3 rings (SSSR count). The fourth-order valence-corrected chi connectivity index (χ4v) is 4.49. The van der Waals surface area contributed by atoms with Crippen LogP contribution >= 0.6 is 11.6 Å². The number of ether oxygens (including phenoxy) is 2. The lowest BCUT2D eigenvalue weighted by Crippen LogP contribution is -2.47. The predicted molar refractivity (Wildman–Crippen MR) is 108 cm³/mol. The summed E-state index contributed by atoms with van der Waals surface area (Å²) in [7, 11) is 3.02. The number of rotatable bonds is 4. The van der Waals surface area contributed by atoms with Crippen LogP contribution in [-0.4, -0.2) is 62.0 Å². The summed E-state index contributed by atoms with van der Waals surface area (Å²) in [4.78, 5) is 29.5. The number of piperidine rings is 2. The zero-order valence-electron chi connectivity index (χ0n) is 16.9. The first-order valence-electron chi connectivity index (χ1n) is 9.94. The molecule has 2 heterocycles. The van der Waals surface area contributed by atoms with E-state index < -0.39 is 0 Å². The molecule has 0 saturated carbocycles. The molecule has 154 valence electrons. The number of likely N-dealkylation sites (tertiary alicyclic amines) is 2. The van der Waals surface area contributed by atoms with Crippen molar-refractivity contribution in [3.05, 3.63) is 22.7 Å². The van der Waals surface area contributed by atoms with E-state index in [-0.39, 0.29) is 17.7 Å². The molecule has 1 unspecified atom stereocenters. The quantitative estimate of drug-likeness (QED) is 0.765. The topological polar surface area (TPSA) is 59.1 Å². The highest BCUT2D eigenvalue weighted by Gasteiger charge is 2.32. The second-order valence-corrected chi connectivity index (χ2v) is 8.20. The number of benzene rings is 1. The third-order valence-corrected chi connectivity index (χ3v) is 6.06. The molecule has 1 aromatic carbocycles. The van der Waals surface area contributed by atoms with Gasteiger partial charge in [-0.3, -0.25) is 9.59 Å². The minimum absolute atomic E-state index is 0.0170. The van der Waals surface area contributed by atoms with E-state index in [1.165, 1.54) is 20.6 Å². The summed E-state index contributed by atoms with van der Waals surface area (Å²) in [5.41, 5.74) is 0.470. The maximum absolute atomic E-state index is 12.9. The molecular weight excluding hydrogens is 380 g/mol. The van der Waals surface area contributed by atoms with Crippen LogP contribution in [-0.2, 0) is 4.79 Å². The first-order chi connectivity index (χ1) is 13.4. The largest absolute Gasteiger partial charge is 0.493 e. The number of nitrogens with zero attached hydrogens (tertiary/aromatic N) is 2. The van der Waals surface area contributed by atoms with Gasteiger partial charge in [-0.15, -0.1) is 0 Å². The summed E-state index contributed by atoms with van der Waals surface area (Å²) in [6.45, 7) is 5.08. The van der Waals surface area contributed by atoms with Crippen molar-refractivity contribution >= 4 is 23.4 Å². The third kappa shape index (κ3) is 4.37. The molecule has 0 bridgehead atoms. The first-order valence-corrected chi connectivity index (χ1v) is 10.3. The summed E-state index contributed by atoms with van der Waals surface area (Å²) < 4.78 is 10.5. The molecule has 6 nitrogen and oxygen atoms in total. The Balaban J connectivity index is 1.62. The van der Waals surface area contributed by atoms with E-state index in [1.807, 2.05) is 4.90 Å². The van der Waals surface area contributed by atoms with Crippen molar-refractivity contribution in [1.82, 2.24) is 9.80 Å². The highest BCUT2D eigenvalue weighted by molar-refractivity contribution is 6.32. The number of methoxy groups -OCH3 is 2. The maximum Gasteiger partial charge on any atom is 0.254 e. The van der Waals surface area contributed by atoms with Gasteiger partial charge in [-0.2, -0.15) is 0 Å². The van der Waals surface area contributed by atoms with Gasteiger partial charge in [-0.05, 0) is 43.7 Å². The average Bonchev–Trinajstić information content (AvgIpc) is 2.72. The molecule has 1 aromatic rings. The van der Waals surface area contributed by atoms with E-state index in [4.69, 9.17) is 21.1 Å². The number of carbonyl (C=O) groups excluding carboxylic acids is 2. The molecule has 0 spiro atoms. The van der Waals surface area contributed by atoms with Crippen LogP contribution in [0, 0.1) is 11.8 Å². The van der Waals surface area contributed by atoms with Gasteiger partial charge in [0.15, 0.2) is 11.5 Å². The number of hydrogen-bond acceptors (Lipinski definition) is 4. The molecule has 0 N–H and O–H groups in total. The van der Waals surface area contributed by atoms with Crippen molar-refractivity contribution in [3.63, 3.8) is 0 Å². The van der Waals surface area contributed by atoms with Crippen LogP contribution in [0.1, 0.15) is 43.0 Å². The number of amides is 2. The molecular formula is C21H29ClN2O4. The molecule has 28 heavy (non-hydrogen) atoms.